The molecule has 0 spiro atoms. The highest BCUT2D eigenvalue weighted by Crippen LogP contribution is 2.52. The van der Waals surface area contributed by atoms with Gasteiger partial charge in [0, 0.05) is 36.0 Å². The number of phenols is 2. The van der Waals surface area contributed by atoms with E-state index < -0.39 is 106 Å². The summed E-state index contributed by atoms with van der Waals surface area (Å²) in [5.74, 6) is -4.12. The van der Waals surface area contributed by atoms with Crippen LogP contribution in [0.2, 0.25) is 0 Å². The number of Topliss-reactive ketones (excluding diaryl/α,β-unsaturated/α-hetero) is 1. The number of alkyl carbamates (subject to hydrolysis) is 1. The number of benzene rings is 2. The number of nitrogens with one attached hydrogen (secondary N) is 1. The Morgan fingerprint density at radius 3 is 2.53 bits per heavy atom. The molecule has 3 aromatic rings. The van der Waals surface area contributed by atoms with E-state index in [0.29, 0.717) is 0 Å². The molecule has 6 atom stereocenters. The topological polar surface area (TPSA) is 259 Å². The van der Waals surface area contributed by atoms with Crippen molar-refractivity contribution in [1.29, 1.82) is 0 Å². The predicted octanol–water partition coefficient (Wildman–Crippen LogP) is 1.64. The van der Waals surface area contributed by atoms with E-state index in [-0.39, 0.29) is 46.7 Å². The molecule has 0 radical (unpaired) electrons. The number of hydrogen-bond donors (Lipinski definition) is 5. The quantitative estimate of drug-likeness (QED) is 0.0989. The summed E-state index contributed by atoms with van der Waals surface area (Å²) in [4.78, 5) is 67.0. The van der Waals surface area contributed by atoms with Gasteiger partial charge in [-0.05, 0) is 24.8 Å². The van der Waals surface area contributed by atoms with Gasteiger partial charge in [-0.25, -0.2) is 9.36 Å². The molecule has 3 aliphatic rings. The Kier molecular flexibility index (Phi) is 9.05. The van der Waals surface area contributed by atoms with Gasteiger partial charge in [0.05, 0.1) is 49.1 Å². The molecule has 0 saturated carbocycles. The van der Waals surface area contributed by atoms with Gasteiger partial charge in [-0.1, -0.05) is 17.1 Å². The summed E-state index contributed by atoms with van der Waals surface area (Å²) in [5.41, 5.74) is -3.47. The minimum atomic E-state index is -2.14. The van der Waals surface area contributed by atoms with E-state index in [0.717, 1.165) is 11.5 Å². The molecule has 270 valence electrons. The Morgan fingerprint density at radius 2 is 1.88 bits per heavy atom. The average molecular weight is 711 g/mol. The maximum atomic E-state index is 13.9. The number of methoxy groups -OCH3 is 1. The number of rotatable bonds is 8. The average Bonchev–Trinajstić information content (AvgIpc) is 3.45. The van der Waals surface area contributed by atoms with Crippen molar-refractivity contribution in [2.45, 2.75) is 76.0 Å². The van der Waals surface area contributed by atoms with Gasteiger partial charge in [-0.15, -0.1) is 0 Å². The van der Waals surface area contributed by atoms with Crippen LogP contribution in [0.4, 0.5) is 10.7 Å². The highest BCUT2D eigenvalue weighted by molar-refractivity contribution is 6.31. The van der Waals surface area contributed by atoms with E-state index in [1.807, 2.05) is 0 Å². The number of aliphatic hydroxyl groups is 2. The van der Waals surface area contributed by atoms with Crippen LogP contribution in [-0.2, 0) is 39.1 Å². The molecule has 1 fully saturated rings. The van der Waals surface area contributed by atoms with Crippen LogP contribution in [0.3, 0.4) is 0 Å². The summed E-state index contributed by atoms with van der Waals surface area (Å²) in [7, 11) is 2.68. The fraction of sp³-hybridized carbons (Fsp3) is 0.424. The highest BCUT2D eigenvalue weighted by atomic mass is 16.7. The lowest BCUT2D eigenvalue weighted by atomic mass is 9.72. The van der Waals surface area contributed by atoms with Gasteiger partial charge in [0.25, 0.3) is 0 Å². The molecule has 1 amide bonds. The second-order valence-electron chi connectivity index (χ2n) is 12.7. The Hall–Kier alpha value is -5.43. The SMILES string of the molecule is COc1cccc2c1C(=O)c1c(O)c3c(c(O)c1C2=O)C[C@@](O)(C(C)=O)C[C@@H]3O[C@H]1C[C@H](NC(=O)OCc2cnc([N+](=O)[O-])n2C)[C@H](O)[C@H](C)O1. The standard InChI is InChI=1S/C33H34N4O14/c1-13-26(39)18(35-32(44)49-12-15-11-34-31(36(15)3)37(46)47)8-21(50-13)51-20-10-33(45,14(2)38)9-17-23(20)30(43)25-24(28(17)41)27(40)16-6-5-7-19(48-4)22(16)29(25)42/h5-7,11,13,18,20-21,26,39,41,43,45H,8-10,12H2,1-4H3,(H,35,44)/t13-,18-,20-,21-,26+,33-/m0/s1. The number of aromatic hydroxyl groups is 2. The fourth-order valence-corrected chi connectivity index (χ4v) is 6.84. The number of phenolic OH excluding ortho intramolecular Hbond substituents is 2. The van der Waals surface area contributed by atoms with Gasteiger partial charge < -0.3 is 54.8 Å². The number of amides is 1. The van der Waals surface area contributed by atoms with E-state index in [9.17, 15) is 49.7 Å². The van der Waals surface area contributed by atoms with Crippen LogP contribution >= 0.6 is 0 Å². The van der Waals surface area contributed by atoms with Crippen LogP contribution in [0.5, 0.6) is 17.2 Å². The number of imidazole rings is 1. The molecule has 6 rings (SSSR count). The molecular weight excluding hydrogens is 676 g/mol. The summed E-state index contributed by atoms with van der Waals surface area (Å²) in [6.45, 7) is 2.23. The van der Waals surface area contributed by atoms with Crippen LogP contribution in [0.15, 0.2) is 24.4 Å². The van der Waals surface area contributed by atoms with Crippen molar-refractivity contribution in [2.75, 3.05) is 7.11 Å². The molecule has 0 bridgehead atoms. The molecule has 1 aromatic heterocycles. The first kappa shape index (κ1) is 35.4. The second kappa shape index (κ2) is 13.0. The summed E-state index contributed by atoms with van der Waals surface area (Å²) >= 11 is 0. The number of carbonyl (C=O) groups excluding carboxylic acids is 4. The molecule has 5 N–H and O–H groups in total. The number of hydrogen-bond acceptors (Lipinski definition) is 15. The minimum absolute atomic E-state index is 0.0636. The lowest BCUT2D eigenvalue weighted by molar-refractivity contribution is -0.396. The van der Waals surface area contributed by atoms with Crippen LogP contribution in [0.1, 0.15) is 81.5 Å². The fourth-order valence-electron chi connectivity index (χ4n) is 6.84. The first-order valence-corrected chi connectivity index (χ1v) is 15.8. The molecule has 0 unspecified atom stereocenters. The van der Waals surface area contributed by atoms with Crippen LogP contribution < -0.4 is 10.1 Å². The molecular formula is C33H34N4O14. The number of carbonyl (C=O) groups is 4. The van der Waals surface area contributed by atoms with E-state index in [2.05, 4.69) is 10.3 Å². The number of aliphatic hydroxyl groups excluding tert-OH is 1. The predicted molar refractivity (Wildman–Crippen MR) is 169 cm³/mol. The normalized spacial score (nSPS) is 25.3. The third-order valence-corrected chi connectivity index (χ3v) is 9.63. The summed E-state index contributed by atoms with van der Waals surface area (Å²) in [5, 5.41) is 59.1. The number of aromatic nitrogens is 2. The maximum absolute atomic E-state index is 13.9. The van der Waals surface area contributed by atoms with Gasteiger partial charge in [0.15, 0.2) is 30.2 Å². The molecule has 51 heavy (non-hydrogen) atoms. The Morgan fingerprint density at radius 1 is 1.18 bits per heavy atom. The number of fused-ring (bicyclic) bond motifs is 3. The lowest BCUT2D eigenvalue weighted by Gasteiger charge is -2.42. The van der Waals surface area contributed by atoms with Crippen molar-refractivity contribution in [1.82, 2.24) is 14.9 Å². The monoisotopic (exact) mass is 710 g/mol. The van der Waals surface area contributed by atoms with E-state index in [1.165, 1.54) is 45.5 Å². The first-order chi connectivity index (χ1) is 24.1. The molecule has 1 aliphatic heterocycles. The van der Waals surface area contributed by atoms with Gasteiger partial charge in [-0.2, -0.15) is 0 Å². The third kappa shape index (κ3) is 5.94. The molecule has 18 heteroatoms. The van der Waals surface area contributed by atoms with Crippen LogP contribution in [-0.4, -0.2) is 95.6 Å². The summed E-state index contributed by atoms with van der Waals surface area (Å²) in [6.07, 6.45) is -5.93. The van der Waals surface area contributed by atoms with Crippen LogP contribution in [0.25, 0.3) is 0 Å². The van der Waals surface area contributed by atoms with E-state index in [1.54, 1.807) is 0 Å². The molecule has 1 saturated heterocycles. The third-order valence-electron chi connectivity index (χ3n) is 9.63. The second-order valence-corrected chi connectivity index (χ2v) is 12.7. The first-order valence-electron chi connectivity index (χ1n) is 15.8. The molecule has 2 heterocycles. The highest BCUT2D eigenvalue weighted by Gasteiger charge is 2.49. The molecule has 2 aliphatic carbocycles. The maximum Gasteiger partial charge on any atom is 0.434 e. The zero-order chi connectivity index (χ0) is 37.1. The van der Waals surface area contributed by atoms with Gasteiger partial charge in [0.1, 0.15) is 35.2 Å². The number of nitro groups is 1. The Balaban J connectivity index is 1.30. The van der Waals surface area contributed by atoms with Crippen LogP contribution in [0, 0.1) is 10.1 Å². The minimum Gasteiger partial charge on any atom is -0.507 e. The zero-order valence-electron chi connectivity index (χ0n) is 27.7. The van der Waals surface area contributed by atoms with E-state index >= 15 is 0 Å². The zero-order valence-corrected chi connectivity index (χ0v) is 27.7. The number of ether oxygens (including phenoxy) is 4. The molecule has 18 nitrogen and oxygen atoms in total. The summed E-state index contributed by atoms with van der Waals surface area (Å²) in [6, 6.07) is 3.27. The van der Waals surface area contributed by atoms with E-state index in [4.69, 9.17) is 18.9 Å². The largest absolute Gasteiger partial charge is 0.507 e. The van der Waals surface area contributed by atoms with Crippen molar-refractivity contribution < 1.29 is 63.5 Å². The van der Waals surface area contributed by atoms with Crippen molar-refractivity contribution in [3.05, 3.63) is 73.6 Å². The number of nitrogens with zero attached hydrogens (tertiary/aromatic N) is 3. The Labute approximate surface area is 288 Å². The number of ketones is 3. The van der Waals surface area contributed by atoms with Gasteiger partial charge in [-0.3, -0.25) is 14.4 Å². The lowest BCUT2D eigenvalue weighted by Crippen LogP contribution is -2.55. The van der Waals surface area contributed by atoms with Crippen molar-refractivity contribution in [2.24, 2.45) is 7.05 Å². The summed E-state index contributed by atoms with van der Waals surface area (Å²) < 4.78 is 23.7. The van der Waals surface area contributed by atoms with Gasteiger partial charge >= 0.3 is 12.0 Å². The van der Waals surface area contributed by atoms with Crippen molar-refractivity contribution >= 4 is 29.4 Å². The Bertz CT molecular complexity index is 1990. The van der Waals surface area contributed by atoms with Crippen molar-refractivity contribution in [3.63, 3.8) is 0 Å². The van der Waals surface area contributed by atoms with Crippen molar-refractivity contribution in [3.8, 4) is 17.2 Å². The van der Waals surface area contributed by atoms with Gasteiger partial charge in [0.2, 0.25) is 5.78 Å². The smallest absolute Gasteiger partial charge is 0.434 e. The molecule has 2 aromatic carbocycles.